The van der Waals surface area contributed by atoms with Gasteiger partial charge in [-0.05, 0) is 18.8 Å². The topological polar surface area (TPSA) is 90.8 Å². The molecule has 1 N–H and O–H groups in total. The number of hydrogen-bond donors (Lipinski definition) is 1. The van der Waals surface area contributed by atoms with E-state index >= 15 is 0 Å². The molecule has 0 atom stereocenters. The molecule has 0 unspecified atom stereocenters. The van der Waals surface area contributed by atoms with Crippen LogP contribution in [0.15, 0.2) is 4.99 Å². The van der Waals surface area contributed by atoms with Crippen LogP contribution in [0.3, 0.4) is 0 Å². The van der Waals surface area contributed by atoms with Gasteiger partial charge in [-0.3, -0.25) is 4.99 Å². The average Bonchev–Trinajstić information content (AvgIpc) is 3.13. The van der Waals surface area contributed by atoms with Crippen LogP contribution in [0.5, 0.6) is 0 Å². The van der Waals surface area contributed by atoms with Crippen LogP contribution in [-0.2, 0) is 16.3 Å². The van der Waals surface area contributed by atoms with Gasteiger partial charge in [0.05, 0.1) is 5.75 Å². The molecule has 29 heavy (non-hydrogen) atoms. The number of guanidine groups is 1. The van der Waals surface area contributed by atoms with Crippen LogP contribution >= 0.6 is 35.5 Å². The van der Waals surface area contributed by atoms with Crippen LogP contribution in [0.25, 0.3) is 0 Å². The van der Waals surface area contributed by atoms with E-state index in [9.17, 15) is 8.42 Å². The number of nitrogens with one attached hydrogen (secondary N) is 1. The first-order valence-electron chi connectivity index (χ1n) is 9.92. The smallest absolute Gasteiger partial charge is 0.205 e. The van der Waals surface area contributed by atoms with Gasteiger partial charge in [0.25, 0.3) is 0 Å². The van der Waals surface area contributed by atoms with Crippen molar-refractivity contribution in [2.45, 2.75) is 40.5 Å². The van der Waals surface area contributed by atoms with Crippen LogP contribution in [0.1, 0.15) is 39.9 Å². The lowest BCUT2D eigenvalue weighted by Gasteiger charge is -2.36. The third kappa shape index (κ3) is 8.91. The molecule has 0 amide bonds. The van der Waals surface area contributed by atoms with Gasteiger partial charge in [-0.25, -0.2) is 13.4 Å². The number of sulfone groups is 1. The van der Waals surface area contributed by atoms with Gasteiger partial charge in [0.15, 0.2) is 5.96 Å². The fourth-order valence-electron chi connectivity index (χ4n) is 2.88. The highest BCUT2D eigenvalue weighted by molar-refractivity contribution is 14.0. The van der Waals surface area contributed by atoms with Crippen molar-refractivity contribution >= 4 is 56.4 Å². The Morgan fingerprint density at radius 1 is 1.24 bits per heavy atom. The highest BCUT2D eigenvalue weighted by atomic mass is 127. The van der Waals surface area contributed by atoms with Gasteiger partial charge >= 0.3 is 0 Å². The largest absolute Gasteiger partial charge is 0.357 e. The zero-order chi connectivity index (χ0) is 20.8. The van der Waals surface area contributed by atoms with Crippen molar-refractivity contribution in [2.75, 3.05) is 56.2 Å². The molecule has 8 nitrogen and oxygen atoms in total. The fraction of sp³-hybridized carbons (Fsp3) is 0.833. The molecule has 1 aromatic heterocycles. The van der Waals surface area contributed by atoms with E-state index < -0.39 is 9.84 Å². The van der Waals surface area contributed by atoms with Crippen molar-refractivity contribution in [1.29, 1.82) is 0 Å². The summed E-state index contributed by atoms with van der Waals surface area (Å²) < 4.78 is 27.3. The van der Waals surface area contributed by atoms with E-state index in [-0.39, 0.29) is 35.1 Å². The summed E-state index contributed by atoms with van der Waals surface area (Å²) in [6, 6.07) is 0. The summed E-state index contributed by atoms with van der Waals surface area (Å²) in [5.74, 6) is 2.02. The lowest BCUT2D eigenvalue weighted by atomic mass is 9.90. The van der Waals surface area contributed by atoms with E-state index in [0.29, 0.717) is 13.0 Å². The zero-order valence-corrected chi connectivity index (χ0v) is 22.1. The highest BCUT2D eigenvalue weighted by Gasteiger charge is 2.24. The Hall–Kier alpha value is -0.690. The molecule has 0 aromatic carbocycles. The minimum atomic E-state index is -2.95. The molecule has 0 spiro atoms. The molecular formula is C18H35IN6O2S2. The van der Waals surface area contributed by atoms with Gasteiger partial charge in [-0.1, -0.05) is 20.8 Å². The van der Waals surface area contributed by atoms with Crippen molar-refractivity contribution in [2.24, 2.45) is 10.4 Å². The number of hydrogen-bond acceptors (Lipinski definition) is 7. The zero-order valence-electron chi connectivity index (χ0n) is 18.1. The molecule has 1 aliphatic rings. The van der Waals surface area contributed by atoms with E-state index in [4.69, 9.17) is 4.99 Å². The maximum Gasteiger partial charge on any atom is 0.205 e. The first kappa shape index (κ1) is 26.3. The van der Waals surface area contributed by atoms with Crippen molar-refractivity contribution in [3.8, 4) is 0 Å². The number of aryl methyl sites for hydroxylation is 1. The van der Waals surface area contributed by atoms with Gasteiger partial charge in [0, 0.05) is 63.5 Å². The summed E-state index contributed by atoms with van der Waals surface area (Å²) in [5, 5.41) is 4.38. The molecule has 0 aliphatic carbocycles. The number of piperazine rings is 1. The van der Waals surface area contributed by atoms with Crippen molar-refractivity contribution in [1.82, 2.24) is 19.6 Å². The normalized spacial score (nSPS) is 16.0. The lowest BCUT2D eigenvalue weighted by molar-refractivity contribution is 0.348. The Kier molecular flexibility index (Phi) is 10.6. The molecule has 1 saturated heterocycles. The Morgan fingerprint density at radius 2 is 1.90 bits per heavy atom. The molecule has 2 rings (SSSR count). The molecule has 0 radical (unpaired) electrons. The second-order valence-corrected chi connectivity index (χ2v) is 11.0. The maximum atomic E-state index is 11.5. The standard InChI is InChI=1S/C18H34N6O2S2.HI/c1-6-15-21-17(27-22-15)24-11-9-23(10-12-24)16(19-7-2)20-14-18(3,4)8-13-28(5,25)26;/h6-14H2,1-5H3,(H,19,20);1H. The molecular weight excluding hydrogens is 523 g/mol. The quantitative estimate of drug-likeness (QED) is 0.298. The van der Waals surface area contributed by atoms with Gasteiger partial charge in [-0.2, -0.15) is 4.37 Å². The maximum absolute atomic E-state index is 11.5. The number of anilines is 1. The summed E-state index contributed by atoms with van der Waals surface area (Å²) in [4.78, 5) is 14.0. The van der Waals surface area contributed by atoms with Crippen LogP contribution in [0, 0.1) is 5.41 Å². The predicted molar refractivity (Wildman–Crippen MR) is 133 cm³/mol. The second kappa shape index (κ2) is 11.6. The third-order valence-corrected chi connectivity index (χ3v) is 6.53. The Balaban J connectivity index is 0.00000420. The summed E-state index contributed by atoms with van der Waals surface area (Å²) in [7, 11) is -2.95. The Labute approximate surface area is 196 Å². The van der Waals surface area contributed by atoms with E-state index in [1.807, 2.05) is 0 Å². The van der Waals surface area contributed by atoms with E-state index in [2.05, 4.69) is 52.2 Å². The minimum absolute atomic E-state index is 0. The van der Waals surface area contributed by atoms with Crippen molar-refractivity contribution in [3.63, 3.8) is 0 Å². The van der Waals surface area contributed by atoms with Crippen molar-refractivity contribution < 1.29 is 8.42 Å². The number of aromatic nitrogens is 2. The van der Waals surface area contributed by atoms with E-state index in [0.717, 1.165) is 56.1 Å². The van der Waals surface area contributed by atoms with Crippen LogP contribution in [0.4, 0.5) is 5.13 Å². The second-order valence-electron chi connectivity index (χ2n) is 8.04. The van der Waals surface area contributed by atoms with E-state index in [1.54, 1.807) is 0 Å². The number of rotatable bonds is 8. The molecule has 0 bridgehead atoms. The molecule has 1 aromatic rings. The number of aliphatic imine (C=N–C) groups is 1. The third-order valence-electron chi connectivity index (χ3n) is 4.76. The Bertz CT molecular complexity index is 758. The molecule has 2 heterocycles. The summed E-state index contributed by atoms with van der Waals surface area (Å²) >= 11 is 1.47. The van der Waals surface area contributed by atoms with Crippen molar-refractivity contribution in [3.05, 3.63) is 5.82 Å². The number of nitrogens with zero attached hydrogens (tertiary/aromatic N) is 5. The van der Waals surface area contributed by atoms with E-state index in [1.165, 1.54) is 17.8 Å². The number of halogens is 1. The minimum Gasteiger partial charge on any atom is -0.357 e. The SMILES string of the molecule is CCNC(=NCC(C)(C)CCS(C)(=O)=O)N1CCN(c2nc(CC)ns2)CC1.I. The first-order chi connectivity index (χ1) is 13.1. The molecule has 168 valence electrons. The monoisotopic (exact) mass is 558 g/mol. The fourth-order valence-corrected chi connectivity index (χ4v) is 4.61. The average molecular weight is 559 g/mol. The molecule has 1 fully saturated rings. The molecule has 0 saturated carbocycles. The molecule has 1 aliphatic heterocycles. The van der Waals surface area contributed by atoms with Crippen LogP contribution < -0.4 is 10.2 Å². The first-order valence-corrected chi connectivity index (χ1v) is 12.8. The lowest BCUT2D eigenvalue weighted by Crippen LogP contribution is -2.52. The summed E-state index contributed by atoms with van der Waals surface area (Å²) in [6.45, 7) is 13.2. The van der Waals surface area contributed by atoms with Gasteiger partial charge in [0.2, 0.25) is 5.13 Å². The van der Waals surface area contributed by atoms with Crippen LogP contribution in [-0.4, -0.2) is 79.9 Å². The van der Waals surface area contributed by atoms with Crippen LogP contribution in [0.2, 0.25) is 0 Å². The summed E-state index contributed by atoms with van der Waals surface area (Å²) in [6.07, 6.45) is 2.76. The van der Waals surface area contributed by atoms with Gasteiger partial charge in [-0.15, -0.1) is 24.0 Å². The predicted octanol–water partition coefficient (Wildman–Crippen LogP) is 2.27. The Morgan fingerprint density at radius 3 is 2.41 bits per heavy atom. The van der Waals surface area contributed by atoms with Gasteiger partial charge in [0.1, 0.15) is 15.7 Å². The van der Waals surface area contributed by atoms with Gasteiger partial charge < -0.3 is 15.1 Å². The highest BCUT2D eigenvalue weighted by Crippen LogP contribution is 2.22. The summed E-state index contributed by atoms with van der Waals surface area (Å²) in [5.41, 5.74) is -0.158. The molecule has 11 heteroatoms.